The van der Waals surface area contributed by atoms with E-state index in [-0.39, 0.29) is 60.8 Å². The molecule has 0 aliphatic rings. The minimum absolute atomic E-state index is 0. The standard InChI is InChI=1S/2Al.Ca.Mg.4O.2H/q;;;+2;;;2*-1;;. The SMILES string of the molecule is [CaH2].[Mg+2].[O]=[Al][O-].[O]=[Al][O-]. The molecule has 0 aromatic heterocycles. The Morgan fingerprint density at radius 3 is 1.00 bits per heavy atom. The average molecular weight is 184 g/mol. The van der Waals surface area contributed by atoms with Crippen LogP contribution in [0.5, 0.6) is 0 Å². The van der Waals surface area contributed by atoms with Crippen molar-refractivity contribution in [1.29, 1.82) is 0 Å². The molecule has 0 rings (SSSR count). The number of hydrogen-bond donors (Lipinski definition) is 0. The van der Waals surface area contributed by atoms with E-state index in [9.17, 15) is 0 Å². The maximum absolute atomic E-state index is 8.46. The van der Waals surface area contributed by atoms with Crippen molar-refractivity contribution in [3.05, 3.63) is 0 Å². The first-order chi connectivity index (χ1) is 2.83. The Labute approximate surface area is 106 Å². The summed E-state index contributed by atoms with van der Waals surface area (Å²) in [6, 6.07) is 0. The zero-order chi connectivity index (χ0) is 5.41. The van der Waals surface area contributed by atoms with E-state index in [1.807, 2.05) is 0 Å². The molecule has 0 saturated carbocycles. The van der Waals surface area contributed by atoms with Crippen LogP contribution in [-0.4, -0.2) is 91.8 Å². The third-order valence-electron chi connectivity index (χ3n) is 0. The molecule has 0 atom stereocenters. The molecule has 0 unspecified atom stereocenters. The van der Waals surface area contributed by atoms with Crippen LogP contribution < -0.4 is 8.32 Å². The van der Waals surface area contributed by atoms with Gasteiger partial charge in [-0.15, -0.1) is 0 Å². The Bertz CT molecular complexity index is 35.0. The molecule has 0 aromatic rings. The van der Waals surface area contributed by atoms with Gasteiger partial charge >= 0.3 is 108 Å². The molecule has 0 fully saturated rings. The molecule has 0 radical (unpaired) electrons. The number of hydrogen-bond acceptors (Lipinski definition) is 4. The predicted octanol–water partition coefficient (Wildman–Crippen LogP) is -4.67. The minimum atomic E-state index is -1.75. The van der Waals surface area contributed by atoms with Gasteiger partial charge in [-0.2, -0.15) is 0 Å². The van der Waals surface area contributed by atoms with Crippen molar-refractivity contribution in [2.45, 2.75) is 0 Å². The van der Waals surface area contributed by atoms with Gasteiger partial charge in [-0.25, -0.2) is 0 Å². The van der Waals surface area contributed by atoms with Crippen molar-refractivity contribution in [2.75, 3.05) is 0 Å². The molecule has 36 valence electrons. The van der Waals surface area contributed by atoms with Gasteiger partial charge in [0.1, 0.15) is 0 Å². The van der Waals surface area contributed by atoms with E-state index in [0.29, 0.717) is 0 Å². The summed E-state index contributed by atoms with van der Waals surface area (Å²) < 4.78 is 33.8. The van der Waals surface area contributed by atoms with Gasteiger partial charge in [-0.05, 0) is 0 Å². The van der Waals surface area contributed by atoms with Gasteiger partial charge in [0, 0.05) is 0 Å². The van der Waals surface area contributed by atoms with E-state index in [4.69, 9.17) is 15.9 Å². The van der Waals surface area contributed by atoms with Crippen molar-refractivity contribution < 1.29 is 15.9 Å². The second kappa shape index (κ2) is 34.7. The van der Waals surface area contributed by atoms with Gasteiger partial charge in [0.05, 0.1) is 0 Å². The third-order valence-corrected chi connectivity index (χ3v) is 0. The van der Waals surface area contributed by atoms with E-state index in [1.54, 1.807) is 0 Å². The second-order valence-corrected chi connectivity index (χ2v) is 0.577. The van der Waals surface area contributed by atoms with Crippen LogP contribution in [0.15, 0.2) is 0 Å². The summed E-state index contributed by atoms with van der Waals surface area (Å²) in [6.07, 6.45) is 0. The second-order valence-electron chi connectivity index (χ2n) is 0.192. The third kappa shape index (κ3) is 84.0. The van der Waals surface area contributed by atoms with E-state index in [0.717, 1.165) is 0 Å². The summed E-state index contributed by atoms with van der Waals surface area (Å²) in [6.45, 7) is 0. The van der Waals surface area contributed by atoms with Crippen LogP contribution in [0, 0.1) is 0 Å². The Balaban J connectivity index is -0.0000000160. The first kappa shape index (κ1) is 22.4. The summed E-state index contributed by atoms with van der Waals surface area (Å²) in [5.74, 6) is 0. The molecule has 0 amide bonds. The van der Waals surface area contributed by atoms with E-state index in [1.165, 1.54) is 0 Å². The van der Waals surface area contributed by atoms with E-state index >= 15 is 0 Å². The maximum atomic E-state index is 8.46. The first-order valence-corrected chi connectivity index (χ1v) is 2.83. The van der Waals surface area contributed by atoms with E-state index in [2.05, 4.69) is 0 Å². The Morgan fingerprint density at radius 2 is 1.00 bits per heavy atom. The molecule has 0 spiro atoms. The van der Waals surface area contributed by atoms with Crippen LogP contribution in [0.2, 0.25) is 0 Å². The molecule has 0 aromatic carbocycles. The fourth-order valence-corrected chi connectivity index (χ4v) is 0. The molecule has 0 aliphatic heterocycles. The predicted molar refractivity (Wildman–Crippen MR) is 27.2 cm³/mol. The average Bonchev–Trinajstić information content (AvgIpc) is 1.39. The van der Waals surface area contributed by atoms with Crippen molar-refractivity contribution >= 4 is 91.8 Å². The summed E-state index contributed by atoms with van der Waals surface area (Å²) in [5.41, 5.74) is 0. The van der Waals surface area contributed by atoms with Gasteiger partial charge in [0.25, 0.3) is 0 Å². The summed E-state index contributed by atoms with van der Waals surface area (Å²) in [4.78, 5) is 0. The molecular formula is H2Al2CaMgO4. The van der Waals surface area contributed by atoms with Gasteiger partial charge in [-0.1, -0.05) is 0 Å². The van der Waals surface area contributed by atoms with Crippen LogP contribution in [-0.2, 0) is 7.61 Å². The van der Waals surface area contributed by atoms with Crippen molar-refractivity contribution in [2.24, 2.45) is 0 Å². The van der Waals surface area contributed by atoms with Gasteiger partial charge in [-0.3, -0.25) is 0 Å². The van der Waals surface area contributed by atoms with Crippen molar-refractivity contribution in [3.8, 4) is 0 Å². The fourth-order valence-electron chi connectivity index (χ4n) is 0. The Kier molecular flexibility index (Phi) is 97.3. The zero-order valence-corrected chi connectivity index (χ0v) is 7.22. The topological polar surface area (TPSA) is 80.3 Å². The molecule has 0 bridgehead atoms. The van der Waals surface area contributed by atoms with Crippen molar-refractivity contribution in [3.63, 3.8) is 0 Å². The van der Waals surface area contributed by atoms with Gasteiger partial charge < -0.3 is 0 Å². The van der Waals surface area contributed by atoms with Crippen LogP contribution >= 0.6 is 0 Å². The van der Waals surface area contributed by atoms with Gasteiger partial charge in [0.2, 0.25) is 0 Å². The molecule has 0 saturated heterocycles. The molecule has 0 heterocycles. The first-order valence-electron chi connectivity index (χ1n) is 0.943. The monoisotopic (exact) mass is 184 g/mol. The van der Waals surface area contributed by atoms with E-state index < -0.39 is 31.0 Å². The Morgan fingerprint density at radius 1 is 1.00 bits per heavy atom. The molecule has 8 heavy (non-hydrogen) atoms. The molecule has 8 heteroatoms. The van der Waals surface area contributed by atoms with Crippen LogP contribution in [0.4, 0.5) is 0 Å². The zero-order valence-electron chi connectivity index (χ0n) is 3.49. The summed E-state index contributed by atoms with van der Waals surface area (Å²) in [7, 11) is 0. The van der Waals surface area contributed by atoms with Crippen LogP contribution in [0.1, 0.15) is 0 Å². The van der Waals surface area contributed by atoms with Crippen molar-refractivity contribution in [1.82, 2.24) is 0 Å². The van der Waals surface area contributed by atoms with Crippen LogP contribution in [0.25, 0.3) is 0 Å². The molecule has 0 N–H and O–H groups in total. The quantitative estimate of drug-likeness (QED) is 0.354. The molecule has 4 nitrogen and oxygen atoms in total. The molecular weight excluding hydrogens is 182 g/mol. The Hall–Kier alpha value is 2.29. The fraction of sp³-hybridized carbons (Fsp3) is 0. The number of rotatable bonds is 0. The summed E-state index contributed by atoms with van der Waals surface area (Å²) >= 11 is -3.50. The molecule has 0 aliphatic carbocycles. The van der Waals surface area contributed by atoms with Crippen LogP contribution in [0.3, 0.4) is 0 Å². The summed E-state index contributed by atoms with van der Waals surface area (Å²) in [5, 5.41) is 0. The van der Waals surface area contributed by atoms with Gasteiger partial charge in [0.15, 0.2) is 0 Å². The normalized spacial score (nSPS) is 2.00.